The van der Waals surface area contributed by atoms with Crippen LogP contribution in [-0.2, 0) is 9.53 Å². The Morgan fingerprint density at radius 2 is 1.91 bits per heavy atom. The molecule has 7 nitrogen and oxygen atoms in total. The molecule has 2 N–H and O–H groups in total. The minimum absolute atomic E-state index is 0.0657. The fourth-order valence-corrected chi connectivity index (χ4v) is 4.67. The van der Waals surface area contributed by atoms with E-state index in [0.717, 1.165) is 36.8 Å². The fourth-order valence-electron chi connectivity index (χ4n) is 4.67. The summed E-state index contributed by atoms with van der Waals surface area (Å²) in [7, 11) is 1.36. The van der Waals surface area contributed by atoms with Crippen molar-refractivity contribution in [3.05, 3.63) is 53.1 Å². The topological polar surface area (TPSA) is 97.8 Å². The molecule has 1 aliphatic rings. The highest BCUT2D eigenvalue weighted by Crippen LogP contribution is 2.41. The molecule has 1 fully saturated rings. The van der Waals surface area contributed by atoms with E-state index >= 15 is 0 Å². The van der Waals surface area contributed by atoms with Gasteiger partial charge in [-0.15, -0.1) is 0 Å². The Bertz CT molecular complexity index is 1010. The summed E-state index contributed by atoms with van der Waals surface area (Å²) in [5.41, 5.74) is 1.56. The van der Waals surface area contributed by atoms with Crippen LogP contribution in [0.25, 0.3) is 0 Å². The number of aromatic hydroxyl groups is 1. The largest absolute Gasteiger partial charge is 0.503 e. The molecule has 1 aromatic carbocycles. The molecule has 0 spiro atoms. The number of halogens is 1. The number of esters is 1. The maximum Gasteiger partial charge on any atom is 0.328 e. The first-order chi connectivity index (χ1) is 15.7. The van der Waals surface area contributed by atoms with Crippen LogP contribution in [0.4, 0.5) is 4.39 Å². The van der Waals surface area contributed by atoms with Crippen molar-refractivity contribution in [2.24, 2.45) is 5.92 Å². The van der Waals surface area contributed by atoms with Gasteiger partial charge in [0.05, 0.1) is 7.11 Å². The van der Waals surface area contributed by atoms with E-state index in [1.54, 1.807) is 6.07 Å². The Labute approximate surface area is 193 Å². The molecule has 0 bridgehead atoms. The number of pyridine rings is 1. The highest BCUT2D eigenvalue weighted by molar-refractivity contribution is 5.97. The number of aryl methyl sites for hydroxylation is 1. The summed E-state index contributed by atoms with van der Waals surface area (Å²) in [6.45, 7) is 5.22. The van der Waals surface area contributed by atoms with Crippen LogP contribution in [0.3, 0.4) is 0 Å². The number of hydrogen-bond donors (Lipinski definition) is 2. The number of rotatable bonds is 8. The lowest BCUT2D eigenvalue weighted by atomic mass is 9.79. The third kappa shape index (κ3) is 5.61. The molecule has 1 heterocycles. The van der Waals surface area contributed by atoms with E-state index in [9.17, 15) is 19.1 Å². The zero-order valence-electron chi connectivity index (χ0n) is 19.4. The molecule has 1 aromatic heterocycles. The number of amides is 1. The molecule has 0 saturated heterocycles. The zero-order valence-corrected chi connectivity index (χ0v) is 19.4. The number of carbonyl (C=O) groups is 2. The van der Waals surface area contributed by atoms with Gasteiger partial charge < -0.3 is 19.9 Å². The standard InChI is InChI=1S/C25H31FN2O5/c1-14-13-18(26)9-10-19(14)21(17-7-5-6-8-17)16(3)33-25(31)15(2)28-24(30)22-23(29)20(32-4)11-12-27-22/h9-13,15-17,21,29H,5-8H2,1-4H3,(H,28,30)/t15-,16-,21+/m0/s1. The lowest BCUT2D eigenvalue weighted by Gasteiger charge is -2.31. The third-order valence-corrected chi connectivity index (χ3v) is 6.33. The van der Waals surface area contributed by atoms with Gasteiger partial charge in [0.2, 0.25) is 0 Å². The number of hydrogen-bond acceptors (Lipinski definition) is 6. The van der Waals surface area contributed by atoms with E-state index in [-0.39, 0.29) is 23.2 Å². The van der Waals surface area contributed by atoms with Gasteiger partial charge >= 0.3 is 5.97 Å². The molecule has 1 saturated carbocycles. The van der Waals surface area contributed by atoms with E-state index in [0.29, 0.717) is 5.92 Å². The summed E-state index contributed by atoms with van der Waals surface area (Å²) in [6, 6.07) is 5.18. The molecule has 1 amide bonds. The molecule has 8 heteroatoms. The van der Waals surface area contributed by atoms with Crippen molar-refractivity contribution in [3.63, 3.8) is 0 Å². The Balaban J connectivity index is 1.72. The van der Waals surface area contributed by atoms with Crippen molar-refractivity contribution in [3.8, 4) is 11.5 Å². The second-order valence-corrected chi connectivity index (χ2v) is 8.62. The minimum Gasteiger partial charge on any atom is -0.503 e. The van der Waals surface area contributed by atoms with Gasteiger partial charge in [-0.1, -0.05) is 18.9 Å². The van der Waals surface area contributed by atoms with Crippen molar-refractivity contribution in [2.75, 3.05) is 7.11 Å². The maximum atomic E-state index is 13.7. The molecule has 0 radical (unpaired) electrons. The molecule has 0 unspecified atom stereocenters. The van der Waals surface area contributed by atoms with Gasteiger partial charge in [-0.3, -0.25) is 4.79 Å². The summed E-state index contributed by atoms with van der Waals surface area (Å²) < 4.78 is 24.5. The minimum atomic E-state index is -0.967. The van der Waals surface area contributed by atoms with Crippen LogP contribution in [0.1, 0.15) is 67.1 Å². The number of nitrogens with one attached hydrogen (secondary N) is 1. The van der Waals surface area contributed by atoms with Crippen LogP contribution in [0.2, 0.25) is 0 Å². The molecule has 2 aromatic rings. The van der Waals surface area contributed by atoms with Crippen LogP contribution in [0.5, 0.6) is 11.5 Å². The monoisotopic (exact) mass is 458 g/mol. The van der Waals surface area contributed by atoms with Crippen molar-refractivity contribution < 1.29 is 28.6 Å². The van der Waals surface area contributed by atoms with Gasteiger partial charge in [0.1, 0.15) is 18.0 Å². The summed E-state index contributed by atoms with van der Waals surface area (Å²) in [6.07, 6.45) is 5.15. The number of carbonyl (C=O) groups excluding carboxylic acids is 2. The van der Waals surface area contributed by atoms with Gasteiger partial charge in [0.15, 0.2) is 17.2 Å². The van der Waals surface area contributed by atoms with E-state index in [1.807, 2.05) is 13.8 Å². The number of benzene rings is 1. The summed E-state index contributed by atoms with van der Waals surface area (Å²) in [4.78, 5) is 29.2. The first-order valence-corrected chi connectivity index (χ1v) is 11.2. The second kappa shape index (κ2) is 10.6. The SMILES string of the molecule is COc1ccnc(C(=O)N[C@@H](C)C(=O)O[C@@H](C)[C@@H](c2ccc(F)cc2C)C2CCCC2)c1O. The van der Waals surface area contributed by atoms with Gasteiger partial charge in [0.25, 0.3) is 5.91 Å². The van der Waals surface area contributed by atoms with Crippen LogP contribution < -0.4 is 10.1 Å². The predicted molar refractivity (Wildman–Crippen MR) is 121 cm³/mol. The van der Waals surface area contributed by atoms with Gasteiger partial charge in [-0.2, -0.15) is 0 Å². The lowest BCUT2D eigenvalue weighted by Crippen LogP contribution is -2.42. The number of nitrogens with zero attached hydrogens (tertiary/aromatic N) is 1. The first-order valence-electron chi connectivity index (χ1n) is 11.2. The molecule has 33 heavy (non-hydrogen) atoms. The van der Waals surface area contributed by atoms with E-state index in [2.05, 4.69) is 10.3 Å². The molecule has 3 rings (SSSR count). The highest BCUT2D eigenvalue weighted by atomic mass is 19.1. The average Bonchev–Trinajstić information content (AvgIpc) is 3.29. The average molecular weight is 459 g/mol. The molecular weight excluding hydrogens is 427 g/mol. The Kier molecular flexibility index (Phi) is 7.89. The Hall–Kier alpha value is -3.16. The molecular formula is C25H31FN2O5. The second-order valence-electron chi connectivity index (χ2n) is 8.62. The Morgan fingerprint density at radius 3 is 2.55 bits per heavy atom. The first kappa shape index (κ1) is 24.5. The number of aromatic nitrogens is 1. The predicted octanol–water partition coefficient (Wildman–Crippen LogP) is 4.27. The normalized spacial score (nSPS) is 16.6. The van der Waals surface area contributed by atoms with Crippen LogP contribution in [-0.4, -0.2) is 41.2 Å². The van der Waals surface area contributed by atoms with Crippen molar-refractivity contribution >= 4 is 11.9 Å². The highest BCUT2D eigenvalue weighted by Gasteiger charge is 2.34. The molecule has 3 atom stereocenters. The summed E-state index contributed by atoms with van der Waals surface area (Å²) >= 11 is 0. The van der Waals surface area contributed by atoms with E-state index in [4.69, 9.17) is 9.47 Å². The molecule has 0 aliphatic heterocycles. The number of ether oxygens (including phenoxy) is 2. The zero-order chi connectivity index (χ0) is 24.1. The third-order valence-electron chi connectivity index (χ3n) is 6.33. The van der Waals surface area contributed by atoms with Gasteiger partial charge in [-0.05, 0) is 62.8 Å². The molecule has 1 aliphatic carbocycles. The van der Waals surface area contributed by atoms with Crippen LogP contribution >= 0.6 is 0 Å². The maximum absolute atomic E-state index is 13.7. The van der Waals surface area contributed by atoms with E-state index < -0.39 is 29.8 Å². The Morgan fingerprint density at radius 1 is 1.21 bits per heavy atom. The van der Waals surface area contributed by atoms with E-state index in [1.165, 1.54) is 38.4 Å². The van der Waals surface area contributed by atoms with Crippen molar-refractivity contribution in [1.82, 2.24) is 10.3 Å². The quantitative estimate of drug-likeness (QED) is 0.574. The fraction of sp³-hybridized carbons (Fsp3) is 0.480. The van der Waals surface area contributed by atoms with Crippen LogP contribution in [0, 0.1) is 18.7 Å². The van der Waals surface area contributed by atoms with Gasteiger partial charge in [-0.25, -0.2) is 14.2 Å². The summed E-state index contributed by atoms with van der Waals surface area (Å²) in [5, 5.41) is 12.6. The lowest BCUT2D eigenvalue weighted by molar-refractivity contribution is -0.151. The van der Waals surface area contributed by atoms with Gasteiger partial charge in [0, 0.05) is 18.2 Å². The molecule has 178 valence electrons. The van der Waals surface area contributed by atoms with Crippen molar-refractivity contribution in [1.29, 1.82) is 0 Å². The summed E-state index contributed by atoms with van der Waals surface area (Å²) in [5.74, 6) is -1.64. The van der Waals surface area contributed by atoms with Crippen LogP contribution in [0.15, 0.2) is 30.5 Å². The van der Waals surface area contributed by atoms with Crippen molar-refractivity contribution in [2.45, 2.75) is 64.5 Å². The smallest absolute Gasteiger partial charge is 0.328 e. The number of methoxy groups -OCH3 is 1.